The molecular weight excluding hydrogens is 994 g/mol. The number of benzene rings is 5. The number of aromatic nitrogens is 2. The third kappa shape index (κ3) is 8.32. The fraction of sp³-hybridized carbons (Fsp3) is 0.231. The van der Waals surface area contributed by atoms with Crippen LogP contribution in [0.25, 0.3) is 64.6 Å². The summed E-state index contributed by atoms with van der Waals surface area (Å²) in [6, 6.07) is 47.9. The van der Waals surface area contributed by atoms with Crippen molar-refractivity contribution in [1.82, 2.24) is 9.97 Å². The van der Waals surface area contributed by atoms with Gasteiger partial charge in [0.1, 0.15) is 0 Å². The van der Waals surface area contributed by atoms with Crippen LogP contribution >= 0.6 is 11.3 Å². The summed E-state index contributed by atoms with van der Waals surface area (Å²) in [5.41, 5.74) is 9.67. The summed E-state index contributed by atoms with van der Waals surface area (Å²) in [6.07, 6.45) is 4.20. The SMILES string of the molecule is C[CH2][Ge]([CH2]C)([CH2]C)[c]1ccc(-c2[c-]ccc3c2oc2cc(C(C)c4ccccc4)ccc23)nc1.Cc1c[c-]c(-c2ccc([Si](C)(C)C)cn2)c2sc3ccccc3c12.[Ir]. The summed E-state index contributed by atoms with van der Waals surface area (Å²) >= 11 is -0.168. The van der Waals surface area contributed by atoms with Crippen molar-refractivity contribution in [3.8, 4) is 22.5 Å². The van der Waals surface area contributed by atoms with Gasteiger partial charge >= 0.3 is 175 Å². The number of nitrogens with zero attached hydrogens (tertiary/aromatic N) is 2. The van der Waals surface area contributed by atoms with E-state index >= 15 is 0 Å². The van der Waals surface area contributed by atoms with E-state index < -0.39 is 21.3 Å². The Hall–Kier alpha value is -4.17. The normalized spacial score (nSPS) is 12.4. The molecule has 0 fully saturated rings. The van der Waals surface area contributed by atoms with Crippen LogP contribution in [0.5, 0.6) is 0 Å². The molecule has 0 saturated carbocycles. The summed E-state index contributed by atoms with van der Waals surface area (Å²) < 4.78 is 10.6. The maximum atomic E-state index is 6.47. The molecule has 0 aliphatic rings. The number of rotatable bonds is 9. The van der Waals surface area contributed by atoms with Crippen molar-refractivity contribution in [1.29, 1.82) is 0 Å². The molecule has 1 unspecified atom stereocenters. The Morgan fingerprint density at radius 1 is 0.712 bits per heavy atom. The smallest absolute Gasteiger partial charge is 0.0795 e. The number of pyridine rings is 2. The van der Waals surface area contributed by atoms with Gasteiger partial charge in [-0.3, -0.25) is 0 Å². The van der Waals surface area contributed by atoms with Crippen molar-refractivity contribution >= 4 is 84.4 Å². The molecule has 4 aromatic heterocycles. The van der Waals surface area contributed by atoms with Crippen LogP contribution in [0.1, 0.15) is 50.3 Å². The maximum absolute atomic E-state index is 6.47. The molecule has 9 rings (SSSR count). The molecule has 0 aliphatic carbocycles. The molecule has 4 heterocycles. The average Bonchev–Trinajstić information content (AvgIpc) is 3.84. The molecule has 7 heteroatoms. The third-order valence-corrected chi connectivity index (χ3v) is 27.4. The van der Waals surface area contributed by atoms with E-state index in [1.165, 1.54) is 62.2 Å². The van der Waals surface area contributed by atoms with Gasteiger partial charge in [0, 0.05) is 31.0 Å². The standard InChI is InChI=1S/C31H32GeNO.C21H20NSSi.Ir/c1-5-32(6-2,7-3)25-17-19-29(33-21-25)28-15-11-14-27-26-18-16-24(20-30(26)34-31(27)28)22(4)23-12-9-8-10-13-23;1-14-9-11-16(18-12-10-15(13-22-18)24(2,3)4)21-20(14)17-7-5-6-8-19(17)23-21;/h8-14,16-22H,5-7H2,1-4H3;5-10,12-13H,1-4H3;/q2*-1;. The molecule has 9 aromatic rings. The van der Waals surface area contributed by atoms with E-state index in [1.54, 1.807) is 0 Å². The zero-order chi connectivity index (χ0) is 40.6. The van der Waals surface area contributed by atoms with E-state index in [2.05, 4.69) is 188 Å². The van der Waals surface area contributed by atoms with Crippen LogP contribution in [-0.4, -0.2) is 31.3 Å². The van der Waals surface area contributed by atoms with Crippen molar-refractivity contribution in [2.24, 2.45) is 0 Å². The largest absolute Gasteiger partial charge is 0.305 e. The average molecular weight is 1050 g/mol. The quantitative estimate of drug-likeness (QED) is 0.107. The van der Waals surface area contributed by atoms with Crippen molar-refractivity contribution < 1.29 is 24.5 Å². The molecule has 0 bridgehead atoms. The summed E-state index contributed by atoms with van der Waals surface area (Å²) in [4.78, 5) is 9.70. The van der Waals surface area contributed by atoms with E-state index in [0.717, 1.165) is 44.5 Å². The Morgan fingerprint density at radius 3 is 2.08 bits per heavy atom. The van der Waals surface area contributed by atoms with Crippen LogP contribution in [0.3, 0.4) is 0 Å². The Balaban J connectivity index is 0.000000186. The molecule has 3 nitrogen and oxygen atoms in total. The molecule has 0 amide bonds. The van der Waals surface area contributed by atoms with Crippen LogP contribution < -0.4 is 9.58 Å². The van der Waals surface area contributed by atoms with Crippen LogP contribution in [0.15, 0.2) is 132 Å². The monoisotopic (exact) mass is 1050 g/mol. The Bertz CT molecular complexity index is 2850. The predicted molar refractivity (Wildman–Crippen MR) is 256 cm³/mol. The molecule has 1 atom stereocenters. The first-order chi connectivity index (χ1) is 28.0. The van der Waals surface area contributed by atoms with E-state index in [0.29, 0.717) is 5.92 Å². The molecule has 0 aliphatic heterocycles. The summed E-state index contributed by atoms with van der Waals surface area (Å²) in [5, 5.41) is 10.3. The second-order valence-electron chi connectivity index (χ2n) is 16.7. The number of aryl methyl sites for hydroxylation is 1. The van der Waals surface area contributed by atoms with Gasteiger partial charge in [-0.1, -0.05) is 92.6 Å². The van der Waals surface area contributed by atoms with Gasteiger partial charge in [0.2, 0.25) is 0 Å². The van der Waals surface area contributed by atoms with Crippen molar-refractivity contribution in [3.05, 3.63) is 156 Å². The molecule has 0 spiro atoms. The zero-order valence-corrected chi connectivity index (χ0v) is 41.7. The fourth-order valence-electron chi connectivity index (χ4n) is 8.48. The van der Waals surface area contributed by atoms with Crippen molar-refractivity contribution in [2.45, 2.75) is 75.9 Å². The van der Waals surface area contributed by atoms with Crippen molar-refractivity contribution in [3.63, 3.8) is 0 Å². The maximum Gasteiger partial charge on any atom is 0.0795 e. The van der Waals surface area contributed by atoms with E-state index in [1.807, 2.05) is 17.4 Å². The second-order valence-corrected chi connectivity index (χ2v) is 33.9. The number of hydrogen-bond donors (Lipinski definition) is 0. The Morgan fingerprint density at radius 2 is 1.41 bits per heavy atom. The fourth-order valence-corrected chi connectivity index (χ4v) is 18.1. The van der Waals surface area contributed by atoms with Gasteiger partial charge in [0.05, 0.1) is 8.07 Å². The molecule has 59 heavy (non-hydrogen) atoms. The van der Waals surface area contributed by atoms with Crippen molar-refractivity contribution in [2.75, 3.05) is 0 Å². The molecule has 0 N–H and O–H groups in total. The van der Waals surface area contributed by atoms with Crippen LogP contribution in [0.2, 0.25) is 35.4 Å². The zero-order valence-electron chi connectivity index (χ0n) is 35.4. The van der Waals surface area contributed by atoms with Gasteiger partial charge in [-0.25, -0.2) is 0 Å². The van der Waals surface area contributed by atoms with Gasteiger partial charge in [-0.05, 0) is 27.0 Å². The van der Waals surface area contributed by atoms with Gasteiger partial charge in [0.15, 0.2) is 0 Å². The number of furan rings is 1. The molecule has 1 radical (unpaired) electrons. The van der Waals surface area contributed by atoms with Gasteiger partial charge in [-0.15, -0.1) is 23.3 Å². The molecule has 0 saturated heterocycles. The minimum atomic E-state index is -2.01. The summed E-state index contributed by atoms with van der Waals surface area (Å²) in [5.74, 6) is 0.306. The Kier molecular flexibility index (Phi) is 13.0. The molecule has 301 valence electrons. The van der Waals surface area contributed by atoms with Crippen LogP contribution in [0.4, 0.5) is 0 Å². The van der Waals surface area contributed by atoms with Crippen LogP contribution in [0, 0.1) is 19.1 Å². The number of fused-ring (bicyclic) bond motifs is 6. The first-order valence-electron chi connectivity index (χ1n) is 20.7. The number of thiophene rings is 1. The minimum absolute atomic E-state index is 0. The van der Waals surface area contributed by atoms with E-state index in [-0.39, 0.29) is 20.1 Å². The van der Waals surface area contributed by atoms with E-state index in [4.69, 9.17) is 14.4 Å². The first kappa shape index (κ1) is 42.9. The molecule has 5 aromatic carbocycles. The predicted octanol–water partition coefficient (Wildman–Crippen LogP) is 14.1. The topological polar surface area (TPSA) is 38.9 Å². The summed E-state index contributed by atoms with van der Waals surface area (Å²) in [7, 11) is -1.32. The molecular formula is C52H52GeIrN2OSSi-2. The van der Waals surface area contributed by atoms with Gasteiger partial charge in [0.25, 0.3) is 0 Å². The van der Waals surface area contributed by atoms with Crippen LogP contribution in [-0.2, 0) is 20.1 Å². The Labute approximate surface area is 371 Å². The van der Waals surface area contributed by atoms with Gasteiger partial charge in [-0.2, -0.15) is 11.3 Å². The second kappa shape index (κ2) is 17.8. The summed E-state index contributed by atoms with van der Waals surface area (Å²) in [6.45, 7) is 18.6. The van der Waals surface area contributed by atoms with Gasteiger partial charge < -0.3 is 4.98 Å². The van der Waals surface area contributed by atoms with E-state index in [9.17, 15) is 0 Å². The minimum Gasteiger partial charge on any atom is -0.305 e. The first-order valence-corrected chi connectivity index (χ1v) is 30.5. The number of hydrogen-bond acceptors (Lipinski definition) is 4. The third-order valence-electron chi connectivity index (χ3n) is 12.5.